The summed E-state index contributed by atoms with van der Waals surface area (Å²) in [4.78, 5) is 37.9. The lowest BCUT2D eigenvalue weighted by Gasteiger charge is -2.31. The number of non-ortho nitro benzene ring substituents is 1. The van der Waals surface area contributed by atoms with Gasteiger partial charge in [0, 0.05) is 43.9 Å². The summed E-state index contributed by atoms with van der Waals surface area (Å²) in [6.45, 7) is 3.53. The van der Waals surface area contributed by atoms with Crippen molar-refractivity contribution in [2.45, 2.75) is 0 Å². The second-order valence-electron chi connectivity index (χ2n) is 5.26. The van der Waals surface area contributed by atoms with Gasteiger partial charge in [-0.25, -0.2) is 0 Å². The van der Waals surface area contributed by atoms with Gasteiger partial charge in [0.1, 0.15) is 0 Å². The lowest BCUT2D eigenvalue weighted by Crippen LogP contribution is -2.48. The average Bonchev–Trinajstić information content (AvgIpc) is 2.49. The molecule has 0 bridgehead atoms. The zero-order valence-electron chi connectivity index (χ0n) is 12.3. The van der Waals surface area contributed by atoms with Gasteiger partial charge < -0.3 is 4.90 Å². The second kappa shape index (κ2) is 7.10. The molecule has 0 aliphatic carbocycles. The van der Waals surface area contributed by atoms with Gasteiger partial charge in [-0.05, 0) is 19.2 Å². The van der Waals surface area contributed by atoms with Crippen LogP contribution in [0.2, 0.25) is 0 Å². The van der Waals surface area contributed by atoms with E-state index in [1.165, 1.54) is 24.3 Å². The second-order valence-corrected chi connectivity index (χ2v) is 5.26. The maximum Gasteiger partial charge on any atom is 0.269 e. The van der Waals surface area contributed by atoms with Crippen LogP contribution in [-0.4, -0.2) is 66.3 Å². The molecule has 1 aliphatic rings. The number of benzene rings is 1. The summed E-state index contributed by atoms with van der Waals surface area (Å²) >= 11 is 0. The Morgan fingerprint density at radius 3 is 2.32 bits per heavy atom. The molecule has 1 saturated heterocycles. The first-order chi connectivity index (χ1) is 10.5. The summed E-state index contributed by atoms with van der Waals surface area (Å²) in [7, 11) is 2.02. The Labute approximate surface area is 127 Å². The molecule has 0 aromatic heterocycles. The number of amides is 2. The lowest BCUT2D eigenvalue weighted by molar-refractivity contribution is -0.384. The molecule has 1 aromatic carbocycles. The highest BCUT2D eigenvalue weighted by Crippen LogP contribution is 2.11. The molecule has 2 rings (SSSR count). The minimum Gasteiger partial charge on any atom is -0.304 e. The van der Waals surface area contributed by atoms with E-state index in [0.29, 0.717) is 0 Å². The fourth-order valence-corrected chi connectivity index (χ4v) is 2.18. The summed E-state index contributed by atoms with van der Waals surface area (Å²) in [5.41, 5.74) is 0.123. The third-order valence-electron chi connectivity index (χ3n) is 3.56. The van der Waals surface area contributed by atoms with Crippen molar-refractivity contribution in [1.82, 2.24) is 15.1 Å². The van der Waals surface area contributed by atoms with Gasteiger partial charge in [-0.15, -0.1) is 0 Å². The maximum absolute atomic E-state index is 11.9. The molecule has 0 atom stereocenters. The minimum absolute atomic E-state index is 0.0969. The Kier molecular flexibility index (Phi) is 5.18. The molecule has 8 nitrogen and oxygen atoms in total. The van der Waals surface area contributed by atoms with E-state index < -0.39 is 10.8 Å². The number of imide groups is 1. The molecule has 1 aliphatic heterocycles. The molecular formula is C14H18N4O4. The summed E-state index contributed by atoms with van der Waals surface area (Å²) in [5.74, 6) is -0.915. The zero-order valence-corrected chi connectivity index (χ0v) is 12.3. The zero-order chi connectivity index (χ0) is 16.1. The van der Waals surface area contributed by atoms with Crippen molar-refractivity contribution in [2.24, 2.45) is 0 Å². The largest absolute Gasteiger partial charge is 0.304 e. The average molecular weight is 306 g/mol. The third-order valence-corrected chi connectivity index (χ3v) is 3.56. The van der Waals surface area contributed by atoms with Crippen LogP contribution < -0.4 is 5.32 Å². The van der Waals surface area contributed by atoms with Crippen LogP contribution in [0.3, 0.4) is 0 Å². The number of rotatable bonds is 4. The highest BCUT2D eigenvalue weighted by molar-refractivity contribution is 6.05. The summed E-state index contributed by atoms with van der Waals surface area (Å²) < 4.78 is 0. The van der Waals surface area contributed by atoms with Crippen molar-refractivity contribution in [3.05, 3.63) is 39.9 Å². The molecule has 2 amide bonds. The van der Waals surface area contributed by atoms with E-state index in [9.17, 15) is 19.7 Å². The van der Waals surface area contributed by atoms with Crippen molar-refractivity contribution in [1.29, 1.82) is 0 Å². The fourth-order valence-electron chi connectivity index (χ4n) is 2.18. The first-order valence-electron chi connectivity index (χ1n) is 6.95. The number of nitrogens with zero attached hydrogens (tertiary/aromatic N) is 3. The van der Waals surface area contributed by atoms with Crippen LogP contribution in [0.1, 0.15) is 10.4 Å². The molecule has 1 heterocycles. The number of likely N-dealkylation sites (N-methyl/N-ethyl adjacent to an activating group) is 1. The molecule has 8 heteroatoms. The standard InChI is InChI=1S/C14H18N4O4/c1-16-6-8-17(9-7-16)10-13(19)15-14(20)11-2-4-12(5-3-11)18(21)22/h2-5H,6-10H2,1H3,(H,15,19,20). The molecule has 0 unspecified atom stereocenters. The Morgan fingerprint density at radius 1 is 1.18 bits per heavy atom. The molecule has 0 saturated carbocycles. The van der Waals surface area contributed by atoms with Gasteiger partial charge in [0.15, 0.2) is 0 Å². The quantitative estimate of drug-likeness (QED) is 0.626. The van der Waals surface area contributed by atoms with Gasteiger partial charge in [-0.1, -0.05) is 0 Å². The maximum atomic E-state index is 11.9. The number of carbonyl (C=O) groups excluding carboxylic acids is 2. The van der Waals surface area contributed by atoms with E-state index in [1.54, 1.807) is 0 Å². The fraction of sp³-hybridized carbons (Fsp3) is 0.429. The molecular weight excluding hydrogens is 288 g/mol. The number of hydrogen-bond acceptors (Lipinski definition) is 6. The van der Waals surface area contributed by atoms with Gasteiger partial charge in [0.2, 0.25) is 5.91 Å². The van der Waals surface area contributed by atoms with Crippen molar-refractivity contribution < 1.29 is 14.5 Å². The van der Waals surface area contributed by atoms with E-state index in [-0.39, 0.29) is 23.7 Å². The Balaban J connectivity index is 1.85. The molecule has 118 valence electrons. The van der Waals surface area contributed by atoms with E-state index in [1.807, 2.05) is 11.9 Å². The van der Waals surface area contributed by atoms with Crippen molar-refractivity contribution in [2.75, 3.05) is 39.8 Å². The van der Waals surface area contributed by atoms with Crippen LogP contribution in [0, 0.1) is 10.1 Å². The van der Waals surface area contributed by atoms with Crippen LogP contribution in [0.5, 0.6) is 0 Å². The summed E-state index contributed by atoms with van der Waals surface area (Å²) in [6, 6.07) is 5.13. The van der Waals surface area contributed by atoms with Crippen molar-refractivity contribution in [3.63, 3.8) is 0 Å². The number of hydrogen-bond donors (Lipinski definition) is 1. The van der Waals surface area contributed by atoms with Gasteiger partial charge in [0.25, 0.3) is 11.6 Å². The van der Waals surface area contributed by atoms with Crippen molar-refractivity contribution in [3.8, 4) is 0 Å². The summed E-state index contributed by atoms with van der Waals surface area (Å²) in [6.07, 6.45) is 0. The highest BCUT2D eigenvalue weighted by Gasteiger charge is 2.18. The van der Waals surface area contributed by atoms with Gasteiger partial charge in [-0.3, -0.25) is 29.9 Å². The minimum atomic E-state index is -0.547. The third kappa shape index (κ3) is 4.34. The monoisotopic (exact) mass is 306 g/mol. The topological polar surface area (TPSA) is 95.8 Å². The predicted octanol–water partition coefficient (Wildman–Crippen LogP) is 0.0986. The first-order valence-corrected chi connectivity index (χ1v) is 6.95. The molecule has 1 aromatic rings. The molecule has 1 N–H and O–H groups in total. The SMILES string of the molecule is CN1CCN(CC(=O)NC(=O)c2ccc([N+](=O)[O-])cc2)CC1. The van der Waals surface area contributed by atoms with Crippen LogP contribution in [0.15, 0.2) is 24.3 Å². The lowest BCUT2D eigenvalue weighted by atomic mass is 10.2. The van der Waals surface area contributed by atoms with E-state index in [4.69, 9.17) is 0 Å². The number of nitro benzene ring substituents is 1. The number of nitrogens with one attached hydrogen (secondary N) is 1. The molecule has 1 fully saturated rings. The van der Waals surface area contributed by atoms with Crippen LogP contribution >= 0.6 is 0 Å². The van der Waals surface area contributed by atoms with Gasteiger partial charge >= 0.3 is 0 Å². The molecule has 0 radical (unpaired) electrons. The summed E-state index contributed by atoms with van der Waals surface area (Å²) in [5, 5.41) is 12.8. The predicted molar refractivity (Wildman–Crippen MR) is 79.5 cm³/mol. The van der Waals surface area contributed by atoms with Gasteiger partial charge in [-0.2, -0.15) is 0 Å². The normalized spacial score (nSPS) is 16.2. The smallest absolute Gasteiger partial charge is 0.269 e. The van der Waals surface area contributed by atoms with Crippen molar-refractivity contribution >= 4 is 17.5 Å². The number of carbonyl (C=O) groups is 2. The van der Waals surface area contributed by atoms with Crippen LogP contribution in [0.4, 0.5) is 5.69 Å². The molecule has 22 heavy (non-hydrogen) atoms. The van der Waals surface area contributed by atoms with Crippen LogP contribution in [-0.2, 0) is 4.79 Å². The molecule has 0 spiro atoms. The Hall–Kier alpha value is -2.32. The highest BCUT2D eigenvalue weighted by atomic mass is 16.6. The van der Waals surface area contributed by atoms with Crippen LogP contribution in [0.25, 0.3) is 0 Å². The number of piperazine rings is 1. The first kappa shape index (κ1) is 16.1. The van der Waals surface area contributed by atoms with E-state index in [0.717, 1.165) is 26.2 Å². The Morgan fingerprint density at radius 2 is 1.77 bits per heavy atom. The number of nitro groups is 1. The van der Waals surface area contributed by atoms with E-state index >= 15 is 0 Å². The van der Waals surface area contributed by atoms with Gasteiger partial charge in [0.05, 0.1) is 11.5 Å². The Bertz CT molecular complexity index is 565. The van der Waals surface area contributed by atoms with E-state index in [2.05, 4.69) is 10.2 Å².